The van der Waals surface area contributed by atoms with E-state index >= 15 is 0 Å². The molecule has 4 atom stereocenters. The van der Waals surface area contributed by atoms with E-state index in [1.807, 2.05) is 13.8 Å². The molecule has 3 rings (SSSR count). The maximum Gasteiger partial charge on any atom is 0.389 e. The Balaban J connectivity index is 1.91. The van der Waals surface area contributed by atoms with Gasteiger partial charge < -0.3 is 29.7 Å². The van der Waals surface area contributed by atoms with Gasteiger partial charge in [-0.3, -0.25) is 14.4 Å². The van der Waals surface area contributed by atoms with Crippen molar-refractivity contribution < 1.29 is 42.1 Å². The van der Waals surface area contributed by atoms with Crippen molar-refractivity contribution in [3.8, 4) is 5.75 Å². The molecular weight excluding hydrogens is 591 g/mol. The number of likely N-dealkylation sites (N-methyl/N-ethyl adjacent to an activating group) is 1. The molecule has 0 aromatic heterocycles. The first-order valence-corrected chi connectivity index (χ1v) is 15.3. The number of aliphatic hydroxyl groups is 1. The van der Waals surface area contributed by atoms with Crippen LogP contribution in [0.1, 0.15) is 73.6 Å². The van der Waals surface area contributed by atoms with Gasteiger partial charge >= 0.3 is 6.18 Å². The van der Waals surface area contributed by atoms with Crippen molar-refractivity contribution in [1.82, 2.24) is 9.80 Å². The normalized spacial score (nSPS) is 20.8. The third kappa shape index (κ3) is 11.0. The second kappa shape index (κ2) is 16.6. The lowest BCUT2D eigenvalue weighted by Crippen LogP contribution is -2.48. The predicted octanol–water partition coefficient (Wildman–Crippen LogP) is 5.54. The Morgan fingerprint density at radius 2 is 1.84 bits per heavy atom. The molecular formula is C33H44F3N3O6. The molecule has 2 N–H and O–H groups in total. The minimum Gasteiger partial charge on any atom is -0.490 e. The number of benzene rings is 2. The predicted molar refractivity (Wildman–Crippen MR) is 164 cm³/mol. The minimum atomic E-state index is -4.44. The lowest BCUT2D eigenvalue weighted by molar-refractivity contribution is -0.149. The Morgan fingerprint density at radius 3 is 2.51 bits per heavy atom. The van der Waals surface area contributed by atoms with Crippen molar-refractivity contribution in [3.05, 3.63) is 59.7 Å². The van der Waals surface area contributed by atoms with Gasteiger partial charge in [0.2, 0.25) is 5.91 Å². The van der Waals surface area contributed by atoms with E-state index in [2.05, 4.69) is 5.32 Å². The molecule has 0 aliphatic carbocycles. The molecule has 2 aromatic rings. The summed E-state index contributed by atoms with van der Waals surface area (Å²) in [5.74, 6) is -1.46. The van der Waals surface area contributed by atoms with Crippen LogP contribution >= 0.6 is 0 Å². The Kier molecular flexibility index (Phi) is 13.2. The number of rotatable bonds is 8. The van der Waals surface area contributed by atoms with Gasteiger partial charge in [0.15, 0.2) is 0 Å². The molecule has 0 unspecified atom stereocenters. The molecule has 248 valence electrons. The standard InChI is InChI=1S/C33H44F3N3O6/c1-22-19-39(23(2)21-40)32(43)27-18-26(37-31(42)25-11-6-5-7-12-25)13-14-28(27)45-24(3)10-8-9-17-44-29(22)20-38(4)30(41)15-16-33(34,35)36/h5-7,11-14,18,22-24,29,40H,8-10,15-17,19-21H2,1-4H3,(H,37,42)/t22-,23-,24-,29+/m0/s1. The molecule has 0 saturated carbocycles. The minimum absolute atomic E-state index is 0.0408. The van der Waals surface area contributed by atoms with E-state index in [4.69, 9.17) is 9.47 Å². The number of hydrogen-bond acceptors (Lipinski definition) is 6. The summed E-state index contributed by atoms with van der Waals surface area (Å²) in [6.45, 7) is 5.61. The number of halogens is 3. The van der Waals surface area contributed by atoms with Crippen LogP contribution in [0, 0.1) is 5.92 Å². The Bertz CT molecular complexity index is 1280. The number of anilines is 1. The van der Waals surface area contributed by atoms with E-state index in [1.165, 1.54) is 16.8 Å². The number of amides is 3. The average Bonchev–Trinajstić information content (AvgIpc) is 3.01. The van der Waals surface area contributed by atoms with Crippen LogP contribution in [0.3, 0.4) is 0 Å². The molecule has 1 aliphatic rings. The maximum atomic E-state index is 14.2. The van der Waals surface area contributed by atoms with Gasteiger partial charge in [-0.1, -0.05) is 25.1 Å². The van der Waals surface area contributed by atoms with Gasteiger partial charge in [0.05, 0.1) is 36.8 Å². The summed E-state index contributed by atoms with van der Waals surface area (Å²) in [4.78, 5) is 42.3. The van der Waals surface area contributed by atoms with E-state index in [0.29, 0.717) is 36.4 Å². The summed E-state index contributed by atoms with van der Waals surface area (Å²) in [5, 5.41) is 12.9. The average molecular weight is 636 g/mol. The topological polar surface area (TPSA) is 108 Å². The molecule has 0 radical (unpaired) electrons. The zero-order chi connectivity index (χ0) is 33.1. The summed E-state index contributed by atoms with van der Waals surface area (Å²) in [6, 6.07) is 12.9. The molecule has 9 nitrogen and oxygen atoms in total. The summed E-state index contributed by atoms with van der Waals surface area (Å²) in [7, 11) is 1.44. The number of hydrogen-bond donors (Lipinski definition) is 2. The van der Waals surface area contributed by atoms with Gasteiger partial charge in [0.1, 0.15) is 5.75 Å². The highest BCUT2D eigenvalue weighted by molar-refractivity contribution is 6.05. The zero-order valence-electron chi connectivity index (χ0n) is 26.3. The van der Waals surface area contributed by atoms with Crippen molar-refractivity contribution in [1.29, 1.82) is 0 Å². The van der Waals surface area contributed by atoms with E-state index in [0.717, 1.165) is 6.42 Å². The van der Waals surface area contributed by atoms with Gasteiger partial charge in [-0.2, -0.15) is 13.2 Å². The van der Waals surface area contributed by atoms with E-state index in [-0.39, 0.29) is 43.2 Å². The molecule has 3 amide bonds. The summed E-state index contributed by atoms with van der Waals surface area (Å²) in [6.07, 6.45) is -5.03. The number of carbonyl (C=O) groups is 3. The van der Waals surface area contributed by atoms with Crippen LogP contribution in [-0.4, -0.2) is 90.4 Å². The van der Waals surface area contributed by atoms with Crippen LogP contribution in [0.2, 0.25) is 0 Å². The van der Waals surface area contributed by atoms with Gasteiger partial charge in [-0.25, -0.2) is 0 Å². The quantitative estimate of drug-likeness (QED) is 0.395. The number of ether oxygens (including phenoxy) is 2. The third-order valence-electron chi connectivity index (χ3n) is 7.85. The first-order chi connectivity index (χ1) is 21.3. The molecule has 45 heavy (non-hydrogen) atoms. The third-order valence-corrected chi connectivity index (χ3v) is 7.85. The lowest BCUT2D eigenvalue weighted by Gasteiger charge is -2.36. The first-order valence-electron chi connectivity index (χ1n) is 15.3. The number of nitrogens with one attached hydrogen (secondary N) is 1. The second-order valence-corrected chi connectivity index (χ2v) is 11.7. The van der Waals surface area contributed by atoms with Crippen molar-refractivity contribution >= 4 is 23.4 Å². The van der Waals surface area contributed by atoms with Gasteiger partial charge in [0, 0.05) is 50.3 Å². The van der Waals surface area contributed by atoms with Crippen LogP contribution in [0.15, 0.2) is 48.5 Å². The molecule has 12 heteroatoms. The number of carbonyl (C=O) groups excluding carboxylic acids is 3. The molecule has 2 aromatic carbocycles. The van der Waals surface area contributed by atoms with Crippen molar-refractivity contribution in [2.24, 2.45) is 5.92 Å². The number of fused-ring (bicyclic) bond motifs is 1. The smallest absolute Gasteiger partial charge is 0.389 e. The van der Waals surface area contributed by atoms with Crippen LogP contribution in [0.25, 0.3) is 0 Å². The van der Waals surface area contributed by atoms with E-state index in [1.54, 1.807) is 55.5 Å². The van der Waals surface area contributed by atoms with Crippen LogP contribution in [0.5, 0.6) is 5.75 Å². The molecule has 0 saturated heterocycles. The number of aliphatic hydroxyl groups excluding tert-OH is 1. The Morgan fingerprint density at radius 1 is 1.13 bits per heavy atom. The molecule has 0 fully saturated rings. The highest BCUT2D eigenvalue weighted by atomic mass is 19.4. The van der Waals surface area contributed by atoms with Crippen molar-refractivity contribution in [3.63, 3.8) is 0 Å². The fourth-order valence-corrected chi connectivity index (χ4v) is 5.07. The monoisotopic (exact) mass is 635 g/mol. The van der Waals surface area contributed by atoms with Gasteiger partial charge in [0.25, 0.3) is 11.8 Å². The fourth-order valence-electron chi connectivity index (χ4n) is 5.07. The Labute approximate surface area is 262 Å². The summed E-state index contributed by atoms with van der Waals surface area (Å²) >= 11 is 0. The van der Waals surface area contributed by atoms with Crippen LogP contribution in [-0.2, 0) is 9.53 Å². The highest BCUT2D eigenvalue weighted by Gasteiger charge is 2.32. The lowest BCUT2D eigenvalue weighted by atomic mass is 10.0. The molecule has 0 bridgehead atoms. The summed E-state index contributed by atoms with van der Waals surface area (Å²) < 4.78 is 50.5. The SMILES string of the molecule is C[C@H]1CCCCO[C@H](CN(C)C(=O)CCC(F)(F)F)[C@@H](C)CN([C@@H](C)CO)C(=O)c2cc(NC(=O)c3ccccc3)ccc2O1. The molecule has 1 aliphatic heterocycles. The van der Waals surface area contributed by atoms with Crippen molar-refractivity contribution in [2.75, 3.05) is 38.7 Å². The van der Waals surface area contributed by atoms with Crippen molar-refractivity contribution in [2.45, 2.75) is 77.3 Å². The fraction of sp³-hybridized carbons (Fsp3) is 0.545. The van der Waals surface area contributed by atoms with Crippen LogP contribution in [0.4, 0.5) is 18.9 Å². The van der Waals surface area contributed by atoms with Crippen LogP contribution < -0.4 is 10.1 Å². The second-order valence-electron chi connectivity index (χ2n) is 11.7. The van der Waals surface area contributed by atoms with Gasteiger partial charge in [-0.15, -0.1) is 0 Å². The number of alkyl halides is 3. The van der Waals surface area contributed by atoms with E-state index < -0.39 is 43.0 Å². The molecule has 1 heterocycles. The molecule has 0 spiro atoms. The Hall–Kier alpha value is -3.64. The van der Waals surface area contributed by atoms with Gasteiger partial charge in [-0.05, 0) is 63.4 Å². The largest absolute Gasteiger partial charge is 0.490 e. The highest BCUT2D eigenvalue weighted by Crippen LogP contribution is 2.29. The summed E-state index contributed by atoms with van der Waals surface area (Å²) in [5.41, 5.74) is 1.04. The van der Waals surface area contributed by atoms with E-state index in [9.17, 15) is 32.7 Å². The zero-order valence-corrected chi connectivity index (χ0v) is 26.3. The maximum absolute atomic E-state index is 14.2. The first kappa shape index (κ1) is 35.8. The number of nitrogens with zero attached hydrogens (tertiary/aromatic N) is 2.